The van der Waals surface area contributed by atoms with E-state index < -0.39 is 29.7 Å². The second-order valence-corrected chi connectivity index (χ2v) is 5.55. The third-order valence-electron chi connectivity index (χ3n) is 3.54. The summed E-state index contributed by atoms with van der Waals surface area (Å²) in [7, 11) is 0. The number of carbonyl (C=O) groups excluding carboxylic acids is 1. The first-order chi connectivity index (χ1) is 12.3. The number of alkyl halides is 3. The number of carboxylic acids is 1. The summed E-state index contributed by atoms with van der Waals surface area (Å²) >= 11 is 0. The SMILES string of the molecule is O=C(/C=C/c1cccc(C(F)(F)F)c1)N[C@@H](Cc1ccccc1)C(=O)O. The Balaban J connectivity index is 2.04. The minimum atomic E-state index is -4.48. The molecular formula is C19H16F3NO3. The van der Waals surface area contributed by atoms with Gasteiger partial charge in [-0.25, -0.2) is 4.79 Å². The number of halogens is 3. The first-order valence-electron chi connectivity index (χ1n) is 7.68. The average Bonchev–Trinajstić information content (AvgIpc) is 2.60. The fourth-order valence-corrected chi connectivity index (χ4v) is 2.26. The van der Waals surface area contributed by atoms with Crippen LogP contribution in [0, 0.1) is 0 Å². The Labute approximate surface area is 148 Å². The highest BCUT2D eigenvalue weighted by Gasteiger charge is 2.30. The number of carbonyl (C=O) groups is 2. The van der Waals surface area contributed by atoms with Crippen molar-refractivity contribution in [1.82, 2.24) is 5.32 Å². The quantitative estimate of drug-likeness (QED) is 0.772. The van der Waals surface area contributed by atoms with Gasteiger partial charge in [-0.1, -0.05) is 42.5 Å². The third-order valence-corrected chi connectivity index (χ3v) is 3.54. The summed E-state index contributed by atoms with van der Waals surface area (Å²) in [4.78, 5) is 23.2. The lowest BCUT2D eigenvalue weighted by Crippen LogP contribution is -2.41. The average molecular weight is 363 g/mol. The molecule has 0 unspecified atom stereocenters. The second kappa shape index (κ2) is 8.33. The molecule has 0 saturated heterocycles. The fraction of sp³-hybridized carbons (Fsp3) is 0.158. The molecular weight excluding hydrogens is 347 g/mol. The highest BCUT2D eigenvalue weighted by molar-refractivity contribution is 5.94. The molecule has 2 N–H and O–H groups in total. The monoisotopic (exact) mass is 363 g/mol. The van der Waals surface area contributed by atoms with Crippen LogP contribution in [0.4, 0.5) is 13.2 Å². The molecule has 7 heteroatoms. The first-order valence-corrected chi connectivity index (χ1v) is 7.68. The smallest absolute Gasteiger partial charge is 0.416 e. The molecule has 26 heavy (non-hydrogen) atoms. The molecule has 2 aromatic rings. The van der Waals surface area contributed by atoms with Crippen molar-refractivity contribution in [2.24, 2.45) is 0 Å². The standard InChI is InChI=1S/C19H16F3NO3/c20-19(21,22)15-8-4-7-14(11-15)9-10-17(24)23-16(18(25)26)12-13-5-2-1-3-6-13/h1-11,16H,12H2,(H,23,24)(H,25,26)/b10-9+/t16-/m0/s1. The Kier molecular flexibility index (Phi) is 6.16. The van der Waals surface area contributed by atoms with Crippen molar-refractivity contribution < 1.29 is 27.9 Å². The Hall–Kier alpha value is -3.09. The molecule has 2 rings (SSSR count). The molecule has 0 fully saturated rings. The first kappa shape index (κ1) is 19.2. The molecule has 0 spiro atoms. The van der Waals surface area contributed by atoms with E-state index in [-0.39, 0.29) is 12.0 Å². The van der Waals surface area contributed by atoms with Gasteiger partial charge in [0, 0.05) is 12.5 Å². The van der Waals surface area contributed by atoms with Crippen molar-refractivity contribution in [2.45, 2.75) is 18.6 Å². The topological polar surface area (TPSA) is 66.4 Å². The number of nitrogens with one attached hydrogen (secondary N) is 1. The van der Waals surface area contributed by atoms with Gasteiger partial charge in [-0.15, -0.1) is 0 Å². The number of hydrogen-bond acceptors (Lipinski definition) is 2. The number of rotatable bonds is 6. The molecule has 2 aromatic carbocycles. The fourth-order valence-electron chi connectivity index (χ4n) is 2.26. The van der Waals surface area contributed by atoms with Crippen LogP contribution >= 0.6 is 0 Å². The zero-order valence-electron chi connectivity index (χ0n) is 13.5. The summed E-state index contributed by atoms with van der Waals surface area (Å²) in [6, 6.07) is 12.1. The highest BCUT2D eigenvalue weighted by atomic mass is 19.4. The summed E-state index contributed by atoms with van der Waals surface area (Å²) in [5.74, 6) is -1.90. The lowest BCUT2D eigenvalue weighted by atomic mass is 10.1. The van der Waals surface area contributed by atoms with Crippen molar-refractivity contribution in [2.75, 3.05) is 0 Å². The van der Waals surface area contributed by atoms with Crippen LogP contribution in [-0.4, -0.2) is 23.0 Å². The van der Waals surface area contributed by atoms with Crippen LogP contribution in [0.25, 0.3) is 6.08 Å². The van der Waals surface area contributed by atoms with Crippen LogP contribution in [-0.2, 0) is 22.2 Å². The Morgan fingerprint density at radius 1 is 1.08 bits per heavy atom. The minimum absolute atomic E-state index is 0.0965. The van der Waals surface area contributed by atoms with Gasteiger partial charge < -0.3 is 10.4 Å². The second-order valence-electron chi connectivity index (χ2n) is 5.55. The van der Waals surface area contributed by atoms with Gasteiger partial charge in [-0.2, -0.15) is 13.2 Å². The van der Waals surface area contributed by atoms with Gasteiger partial charge >= 0.3 is 12.1 Å². The van der Waals surface area contributed by atoms with Gasteiger partial charge in [0.15, 0.2) is 0 Å². The van der Waals surface area contributed by atoms with Crippen LogP contribution in [0.1, 0.15) is 16.7 Å². The molecule has 1 amide bonds. The predicted molar refractivity (Wildman–Crippen MR) is 90.2 cm³/mol. The molecule has 0 aliphatic carbocycles. The molecule has 136 valence electrons. The van der Waals surface area contributed by atoms with Gasteiger partial charge in [0.05, 0.1) is 5.56 Å². The Morgan fingerprint density at radius 3 is 2.38 bits per heavy atom. The molecule has 0 radical (unpaired) electrons. The molecule has 1 atom stereocenters. The number of carboxylic acid groups (broad SMARTS) is 1. The maximum absolute atomic E-state index is 12.7. The van der Waals surface area contributed by atoms with Crippen molar-refractivity contribution in [3.63, 3.8) is 0 Å². The van der Waals surface area contributed by atoms with Gasteiger partial charge in [-0.05, 0) is 29.3 Å². The lowest BCUT2D eigenvalue weighted by molar-refractivity contribution is -0.141. The third kappa shape index (κ3) is 5.77. The number of aliphatic carboxylic acids is 1. The van der Waals surface area contributed by atoms with Crippen LogP contribution in [0.2, 0.25) is 0 Å². The van der Waals surface area contributed by atoms with Crippen molar-refractivity contribution in [3.8, 4) is 0 Å². The molecule has 0 aliphatic rings. The molecule has 0 saturated carbocycles. The summed E-state index contributed by atoms with van der Waals surface area (Å²) in [6.45, 7) is 0. The van der Waals surface area contributed by atoms with Crippen LogP contribution < -0.4 is 5.32 Å². The zero-order chi connectivity index (χ0) is 19.2. The highest BCUT2D eigenvalue weighted by Crippen LogP contribution is 2.29. The van der Waals surface area contributed by atoms with E-state index in [4.69, 9.17) is 0 Å². The summed E-state index contributed by atoms with van der Waals surface area (Å²) < 4.78 is 38.0. The van der Waals surface area contributed by atoms with E-state index in [0.29, 0.717) is 0 Å². The van der Waals surface area contributed by atoms with Crippen LogP contribution in [0.3, 0.4) is 0 Å². The molecule has 0 bridgehead atoms. The van der Waals surface area contributed by atoms with Gasteiger partial charge in [0.25, 0.3) is 0 Å². The van der Waals surface area contributed by atoms with Crippen molar-refractivity contribution >= 4 is 18.0 Å². The van der Waals surface area contributed by atoms with Gasteiger partial charge in [0.2, 0.25) is 5.91 Å². The molecule has 0 aliphatic heterocycles. The van der Waals surface area contributed by atoms with E-state index in [9.17, 15) is 27.9 Å². The maximum Gasteiger partial charge on any atom is 0.416 e. The Morgan fingerprint density at radius 2 is 1.77 bits per heavy atom. The number of hydrogen-bond donors (Lipinski definition) is 2. The van der Waals surface area contributed by atoms with E-state index in [0.717, 1.165) is 23.8 Å². The lowest BCUT2D eigenvalue weighted by Gasteiger charge is -2.13. The van der Waals surface area contributed by atoms with E-state index in [2.05, 4.69) is 5.32 Å². The van der Waals surface area contributed by atoms with Gasteiger partial charge in [-0.3, -0.25) is 4.79 Å². The van der Waals surface area contributed by atoms with E-state index in [1.54, 1.807) is 30.3 Å². The zero-order valence-corrected chi connectivity index (χ0v) is 13.5. The van der Waals surface area contributed by atoms with Crippen LogP contribution in [0.5, 0.6) is 0 Å². The summed E-state index contributed by atoms with van der Waals surface area (Å²) in [5.41, 5.74) is 0.0968. The predicted octanol–water partition coefficient (Wildman–Crippen LogP) is 3.53. The largest absolute Gasteiger partial charge is 0.480 e. The van der Waals surface area contributed by atoms with E-state index >= 15 is 0 Å². The van der Waals surface area contributed by atoms with Crippen molar-refractivity contribution in [1.29, 1.82) is 0 Å². The molecule has 0 heterocycles. The molecule has 0 aromatic heterocycles. The maximum atomic E-state index is 12.7. The number of amides is 1. The number of benzene rings is 2. The molecule has 4 nitrogen and oxygen atoms in total. The Bertz CT molecular complexity index is 801. The van der Waals surface area contributed by atoms with Crippen LogP contribution in [0.15, 0.2) is 60.7 Å². The van der Waals surface area contributed by atoms with Gasteiger partial charge in [0.1, 0.15) is 6.04 Å². The summed E-state index contributed by atoms with van der Waals surface area (Å²) in [6.07, 6.45) is -2.17. The normalized spacial score (nSPS) is 12.7. The van der Waals surface area contributed by atoms with E-state index in [1.165, 1.54) is 18.2 Å². The minimum Gasteiger partial charge on any atom is -0.480 e. The summed E-state index contributed by atoms with van der Waals surface area (Å²) in [5, 5.41) is 11.6. The van der Waals surface area contributed by atoms with Crippen molar-refractivity contribution in [3.05, 3.63) is 77.4 Å². The van der Waals surface area contributed by atoms with E-state index in [1.807, 2.05) is 0 Å².